The molecule has 100 valence electrons. The maximum atomic E-state index is 13.7. The first-order chi connectivity index (χ1) is 9.11. The molecule has 0 spiro atoms. The van der Waals surface area contributed by atoms with Crippen LogP contribution >= 0.6 is 0 Å². The maximum absolute atomic E-state index is 13.7. The fourth-order valence-electron chi connectivity index (χ4n) is 1.88. The molecule has 0 bridgehead atoms. The average Bonchev–Trinajstić information content (AvgIpc) is 2.38. The summed E-state index contributed by atoms with van der Waals surface area (Å²) in [6.45, 7) is 1.63. The van der Waals surface area contributed by atoms with E-state index >= 15 is 0 Å². The molecule has 0 fully saturated rings. The van der Waals surface area contributed by atoms with E-state index in [0.717, 1.165) is 5.56 Å². The summed E-state index contributed by atoms with van der Waals surface area (Å²) < 4.78 is 19.4. The van der Waals surface area contributed by atoms with Crippen LogP contribution in [-0.2, 0) is 6.61 Å². The summed E-state index contributed by atoms with van der Waals surface area (Å²) >= 11 is 0. The van der Waals surface area contributed by atoms with Gasteiger partial charge < -0.3 is 15.6 Å². The summed E-state index contributed by atoms with van der Waals surface area (Å²) in [6, 6.07) is 11.1. The fraction of sp³-hybridized carbons (Fsp3) is 0.200. The molecule has 0 saturated carbocycles. The van der Waals surface area contributed by atoms with E-state index < -0.39 is 6.04 Å². The first-order valence-corrected chi connectivity index (χ1v) is 6.03. The van der Waals surface area contributed by atoms with Gasteiger partial charge in [-0.1, -0.05) is 18.2 Å². The lowest BCUT2D eigenvalue weighted by Gasteiger charge is -2.14. The number of halogens is 1. The predicted molar refractivity (Wildman–Crippen MR) is 71.4 cm³/mol. The molecule has 0 aliphatic carbocycles. The Kier molecular flexibility index (Phi) is 4.14. The zero-order valence-corrected chi connectivity index (χ0v) is 10.6. The Labute approximate surface area is 111 Å². The van der Waals surface area contributed by atoms with E-state index in [2.05, 4.69) is 0 Å². The van der Waals surface area contributed by atoms with E-state index in [1.165, 1.54) is 6.07 Å². The van der Waals surface area contributed by atoms with E-state index in [9.17, 15) is 4.39 Å². The highest BCUT2D eigenvalue weighted by molar-refractivity contribution is 5.41. The van der Waals surface area contributed by atoms with Crippen molar-refractivity contribution in [3.8, 4) is 11.5 Å². The van der Waals surface area contributed by atoms with E-state index in [4.69, 9.17) is 15.6 Å². The molecular weight excluding hydrogens is 245 g/mol. The zero-order chi connectivity index (χ0) is 13.8. The number of aliphatic hydroxyl groups is 1. The van der Waals surface area contributed by atoms with Crippen LogP contribution in [0.2, 0.25) is 0 Å². The Bertz CT molecular complexity index is 570. The minimum absolute atomic E-state index is 0.0689. The highest BCUT2D eigenvalue weighted by Gasteiger charge is 2.14. The topological polar surface area (TPSA) is 55.5 Å². The largest absolute Gasteiger partial charge is 0.457 e. The van der Waals surface area contributed by atoms with Crippen LogP contribution in [0.15, 0.2) is 42.5 Å². The highest BCUT2D eigenvalue weighted by atomic mass is 19.1. The Morgan fingerprint density at radius 2 is 2.00 bits per heavy atom. The number of hydrogen-bond donors (Lipinski definition) is 2. The van der Waals surface area contributed by atoms with Crippen molar-refractivity contribution in [2.24, 2.45) is 5.73 Å². The van der Waals surface area contributed by atoms with Gasteiger partial charge >= 0.3 is 0 Å². The third-order valence-corrected chi connectivity index (χ3v) is 2.78. The average molecular weight is 261 g/mol. The molecule has 19 heavy (non-hydrogen) atoms. The summed E-state index contributed by atoms with van der Waals surface area (Å²) in [5, 5.41) is 9.08. The Morgan fingerprint density at radius 3 is 2.68 bits per heavy atom. The molecule has 0 aromatic heterocycles. The minimum Gasteiger partial charge on any atom is -0.457 e. The fourth-order valence-corrected chi connectivity index (χ4v) is 1.88. The number of ether oxygens (including phenoxy) is 1. The first kappa shape index (κ1) is 13.5. The number of benzene rings is 2. The Balaban J connectivity index is 2.35. The molecule has 3 N–H and O–H groups in total. The smallest absolute Gasteiger partial charge is 0.135 e. The van der Waals surface area contributed by atoms with Gasteiger partial charge in [0.2, 0.25) is 0 Å². The van der Waals surface area contributed by atoms with Crippen molar-refractivity contribution in [3.05, 3.63) is 59.4 Å². The van der Waals surface area contributed by atoms with Crippen LogP contribution in [0.4, 0.5) is 4.39 Å². The second kappa shape index (κ2) is 5.82. The lowest BCUT2D eigenvalue weighted by atomic mass is 10.1. The van der Waals surface area contributed by atoms with Crippen molar-refractivity contribution in [3.63, 3.8) is 0 Å². The highest BCUT2D eigenvalue weighted by Crippen LogP contribution is 2.31. The zero-order valence-electron chi connectivity index (χ0n) is 10.6. The van der Waals surface area contributed by atoms with Crippen molar-refractivity contribution in [2.75, 3.05) is 0 Å². The van der Waals surface area contributed by atoms with Crippen molar-refractivity contribution >= 4 is 0 Å². The molecular formula is C15H16FNO2. The van der Waals surface area contributed by atoms with Gasteiger partial charge in [-0.3, -0.25) is 0 Å². The van der Waals surface area contributed by atoms with Crippen molar-refractivity contribution < 1.29 is 14.2 Å². The van der Waals surface area contributed by atoms with Gasteiger partial charge in [0, 0.05) is 11.6 Å². The molecule has 2 aromatic carbocycles. The SMILES string of the molecule is C[C@H](N)c1c(F)cccc1Oc1cccc(CO)c1. The Morgan fingerprint density at radius 1 is 1.26 bits per heavy atom. The number of rotatable bonds is 4. The molecule has 0 radical (unpaired) electrons. The second-order valence-corrected chi connectivity index (χ2v) is 4.35. The van der Waals surface area contributed by atoms with E-state index in [1.807, 2.05) is 0 Å². The molecule has 0 aliphatic rings. The van der Waals surface area contributed by atoms with Gasteiger partial charge in [0.15, 0.2) is 0 Å². The van der Waals surface area contributed by atoms with Crippen LogP contribution in [0.5, 0.6) is 11.5 Å². The Hall–Kier alpha value is -1.91. The van der Waals surface area contributed by atoms with Crippen molar-refractivity contribution in [1.29, 1.82) is 0 Å². The van der Waals surface area contributed by atoms with Gasteiger partial charge in [-0.15, -0.1) is 0 Å². The van der Waals surface area contributed by atoms with Gasteiger partial charge in [0.1, 0.15) is 17.3 Å². The minimum atomic E-state index is -0.461. The molecule has 0 saturated heterocycles. The second-order valence-electron chi connectivity index (χ2n) is 4.35. The van der Waals surface area contributed by atoms with Gasteiger partial charge in [-0.25, -0.2) is 4.39 Å². The molecule has 0 unspecified atom stereocenters. The van der Waals surface area contributed by atoms with Crippen LogP contribution in [0.3, 0.4) is 0 Å². The van der Waals surface area contributed by atoms with Gasteiger partial charge in [-0.05, 0) is 36.8 Å². The van der Waals surface area contributed by atoms with E-state index in [0.29, 0.717) is 17.1 Å². The maximum Gasteiger partial charge on any atom is 0.135 e. The predicted octanol–water partition coefficient (Wildman–Crippen LogP) is 3.13. The third-order valence-electron chi connectivity index (χ3n) is 2.78. The van der Waals surface area contributed by atoms with Crippen molar-refractivity contribution in [2.45, 2.75) is 19.6 Å². The summed E-state index contributed by atoms with van der Waals surface area (Å²) in [5.41, 5.74) is 6.84. The van der Waals surface area contributed by atoms with E-state index in [-0.39, 0.29) is 12.4 Å². The lowest BCUT2D eigenvalue weighted by Crippen LogP contribution is -2.09. The molecule has 1 atom stereocenters. The third kappa shape index (κ3) is 3.10. The summed E-state index contributed by atoms with van der Waals surface area (Å²) in [6.07, 6.45) is 0. The van der Waals surface area contributed by atoms with Crippen LogP contribution < -0.4 is 10.5 Å². The van der Waals surface area contributed by atoms with Crippen LogP contribution in [0, 0.1) is 5.82 Å². The number of nitrogens with two attached hydrogens (primary N) is 1. The normalized spacial score (nSPS) is 12.2. The standard InChI is InChI=1S/C15H16FNO2/c1-10(17)15-13(16)6-3-7-14(15)19-12-5-2-4-11(8-12)9-18/h2-8,10,18H,9,17H2,1H3/t10-/m0/s1. The summed E-state index contributed by atoms with van der Waals surface area (Å²) in [5.74, 6) is 0.551. The van der Waals surface area contributed by atoms with E-state index in [1.54, 1.807) is 43.3 Å². The molecule has 4 heteroatoms. The first-order valence-electron chi connectivity index (χ1n) is 6.03. The molecule has 2 rings (SSSR count). The van der Waals surface area contributed by atoms with Gasteiger partial charge in [0.05, 0.1) is 6.61 Å². The lowest BCUT2D eigenvalue weighted by molar-refractivity contribution is 0.281. The molecule has 3 nitrogen and oxygen atoms in total. The van der Waals surface area contributed by atoms with Crippen LogP contribution in [-0.4, -0.2) is 5.11 Å². The monoisotopic (exact) mass is 261 g/mol. The van der Waals surface area contributed by atoms with Gasteiger partial charge in [0.25, 0.3) is 0 Å². The molecule has 2 aromatic rings. The van der Waals surface area contributed by atoms with Crippen LogP contribution in [0.1, 0.15) is 24.1 Å². The number of aliphatic hydroxyl groups excluding tert-OH is 1. The van der Waals surface area contributed by atoms with Crippen LogP contribution in [0.25, 0.3) is 0 Å². The molecule has 0 aliphatic heterocycles. The number of hydrogen-bond acceptors (Lipinski definition) is 3. The molecule has 0 amide bonds. The summed E-state index contributed by atoms with van der Waals surface area (Å²) in [4.78, 5) is 0. The van der Waals surface area contributed by atoms with Crippen molar-refractivity contribution in [1.82, 2.24) is 0 Å². The quantitative estimate of drug-likeness (QED) is 0.889. The van der Waals surface area contributed by atoms with Gasteiger partial charge in [-0.2, -0.15) is 0 Å². The summed E-state index contributed by atoms with van der Waals surface area (Å²) in [7, 11) is 0. The molecule has 0 heterocycles.